The van der Waals surface area contributed by atoms with Crippen LogP contribution in [0, 0.1) is 5.92 Å². The maximum Gasteiger partial charge on any atom is 0.254 e. The van der Waals surface area contributed by atoms with Crippen LogP contribution in [0.5, 0.6) is 0 Å². The SMILES string of the molecule is Cn1cc(C(=O)NCC2CCN(S(=O)(=O)c3ccc(C(N)=O)cc3)CC2)cn1. The molecule has 3 rings (SSSR count). The van der Waals surface area contributed by atoms with Crippen molar-refractivity contribution in [1.29, 1.82) is 0 Å². The smallest absolute Gasteiger partial charge is 0.254 e. The van der Waals surface area contributed by atoms with Gasteiger partial charge >= 0.3 is 0 Å². The minimum atomic E-state index is -3.62. The van der Waals surface area contributed by atoms with Crippen LogP contribution in [0.4, 0.5) is 0 Å². The molecular weight excluding hydrogens is 382 g/mol. The summed E-state index contributed by atoms with van der Waals surface area (Å²) in [5, 5.41) is 6.85. The lowest BCUT2D eigenvalue weighted by Crippen LogP contribution is -2.41. The quantitative estimate of drug-likeness (QED) is 0.717. The molecule has 3 N–H and O–H groups in total. The van der Waals surface area contributed by atoms with Crippen molar-refractivity contribution in [1.82, 2.24) is 19.4 Å². The number of carbonyl (C=O) groups is 2. The summed E-state index contributed by atoms with van der Waals surface area (Å²) in [6.45, 7) is 1.26. The summed E-state index contributed by atoms with van der Waals surface area (Å²) in [7, 11) is -1.87. The molecule has 28 heavy (non-hydrogen) atoms. The zero-order valence-electron chi connectivity index (χ0n) is 15.5. The van der Waals surface area contributed by atoms with E-state index in [1.165, 1.54) is 34.8 Å². The number of nitrogens with one attached hydrogen (secondary N) is 1. The van der Waals surface area contributed by atoms with E-state index in [9.17, 15) is 18.0 Å². The molecule has 0 atom stereocenters. The molecule has 1 saturated heterocycles. The van der Waals surface area contributed by atoms with Gasteiger partial charge in [-0.3, -0.25) is 14.3 Å². The molecule has 1 aromatic carbocycles. The van der Waals surface area contributed by atoms with E-state index in [1.807, 2.05) is 0 Å². The average molecular weight is 405 g/mol. The zero-order chi connectivity index (χ0) is 20.3. The van der Waals surface area contributed by atoms with E-state index < -0.39 is 15.9 Å². The summed E-state index contributed by atoms with van der Waals surface area (Å²) in [5.41, 5.74) is 5.95. The molecule has 0 aliphatic carbocycles. The van der Waals surface area contributed by atoms with E-state index in [0.717, 1.165) is 0 Å². The van der Waals surface area contributed by atoms with Crippen LogP contribution in [0.3, 0.4) is 0 Å². The number of amides is 2. The number of aromatic nitrogens is 2. The van der Waals surface area contributed by atoms with Crippen LogP contribution in [0.1, 0.15) is 33.6 Å². The zero-order valence-corrected chi connectivity index (χ0v) is 16.4. The monoisotopic (exact) mass is 405 g/mol. The van der Waals surface area contributed by atoms with Gasteiger partial charge in [-0.05, 0) is 43.0 Å². The standard InChI is InChI=1S/C18H23N5O4S/c1-22-12-15(11-21-22)18(25)20-10-13-6-8-23(9-7-13)28(26,27)16-4-2-14(3-5-16)17(19)24/h2-5,11-13H,6-10H2,1H3,(H2,19,24)(H,20,25). The molecule has 1 aliphatic rings. The second-order valence-corrected chi connectivity index (χ2v) is 8.79. The van der Waals surface area contributed by atoms with Gasteiger partial charge in [0.15, 0.2) is 0 Å². The van der Waals surface area contributed by atoms with E-state index in [0.29, 0.717) is 38.0 Å². The Morgan fingerprint density at radius 1 is 1.18 bits per heavy atom. The summed E-state index contributed by atoms with van der Waals surface area (Å²) in [6, 6.07) is 5.62. The number of primary amides is 1. The molecule has 0 bridgehead atoms. The number of hydrogen-bond donors (Lipinski definition) is 2. The first kappa shape index (κ1) is 20.0. The van der Waals surface area contributed by atoms with Crippen molar-refractivity contribution in [2.24, 2.45) is 18.7 Å². The van der Waals surface area contributed by atoms with Gasteiger partial charge in [0.25, 0.3) is 5.91 Å². The third-order valence-electron chi connectivity index (χ3n) is 4.87. The Balaban J connectivity index is 1.54. The molecule has 1 aromatic heterocycles. The maximum atomic E-state index is 12.8. The van der Waals surface area contributed by atoms with Gasteiger partial charge in [-0.25, -0.2) is 8.42 Å². The number of nitrogens with two attached hydrogens (primary N) is 1. The number of aryl methyl sites for hydroxylation is 1. The lowest BCUT2D eigenvalue weighted by Gasteiger charge is -2.31. The Morgan fingerprint density at radius 3 is 2.36 bits per heavy atom. The fourth-order valence-electron chi connectivity index (χ4n) is 3.17. The van der Waals surface area contributed by atoms with Gasteiger partial charge in [-0.2, -0.15) is 9.40 Å². The predicted molar refractivity (Wildman–Crippen MR) is 102 cm³/mol. The molecular formula is C18H23N5O4S. The summed E-state index contributed by atoms with van der Waals surface area (Å²) >= 11 is 0. The maximum absolute atomic E-state index is 12.8. The third kappa shape index (κ3) is 4.39. The molecule has 0 radical (unpaired) electrons. The Kier molecular flexibility index (Phi) is 5.80. The number of hydrogen-bond acceptors (Lipinski definition) is 5. The van der Waals surface area contributed by atoms with E-state index in [2.05, 4.69) is 10.4 Å². The van der Waals surface area contributed by atoms with Crippen LogP contribution in [0.25, 0.3) is 0 Å². The molecule has 150 valence electrons. The minimum absolute atomic E-state index is 0.140. The lowest BCUT2D eigenvalue weighted by molar-refractivity contribution is 0.0940. The fourth-order valence-corrected chi connectivity index (χ4v) is 4.64. The molecule has 2 heterocycles. The molecule has 0 unspecified atom stereocenters. The molecule has 9 nitrogen and oxygen atoms in total. The Hall–Kier alpha value is -2.72. The first-order chi connectivity index (χ1) is 13.3. The van der Waals surface area contributed by atoms with Crippen molar-refractivity contribution in [3.63, 3.8) is 0 Å². The second-order valence-electron chi connectivity index (χ2n) is 6.85. The average Bonchev–Trinajstić information content (AvgIpc) is 3.13. The van der Waals surface area contributed by atoms with E-state index in [1.54, 1.807) is 17.9 Å². The number of benzene rings is 1. The highest BCUT2D eigenvalue weighted by Gasteiger charge is 2.29. The van der Waals surface area contributed by atoms with Crippen molar-refractivity contribution in [3.8, 4) is 0 Å². The van der Waals surface area contributed by atoms with Crippen LogP contribution in [-0.2, 0) is 17.1 Å². The fraction of sp³-hybridized carbons (Fsp3) is 0.389. The van der Waals surface area contributed by atoms with Gasteiger partial charge in [0, 0.05) is 38.4 Å². The van der Waals surface area contributed by atoms with Crippen LogP contribution < -0.4 is 11.1 Å². The summed E-state index contributed by atoms with van der Waals surface area (Å²) in [5.74, 6) is -0.569. The van der Waals surface area contributed by atoms with E-state index >= 15 is 0 Å². The molecule has 0 spiro atoms. The molecule has 1 aliphatic heterocycles. The first-order valence-corrected chi connectivity index (χ1v) is 10.4. The van der Waals surface area contributed by atoms with Crippen molar-refractivity contribution in [2.45, 2.75) is 17.7 Å². The first-order valence-electron chi connectivity index (χ1n) is 8.94. The molecule has 2 aromatic rings. The van der Waals surface area contributed by atoms with Gasteiger partial charge in [0.2, 0.25) is 15.9 Å². The number of piperidine rings is 1. The van der Waals surface area contributed by atoms with Crippen molar-refractivity contribution >= 4 is 21.8 Å². The topological polar surface area (TPSA) is 127 Å². The van der Waals surface area contributed by atoms with Gasteiger partial charge in [-0.15, -0.1) is 0 Å². The van der Waals surface area contributed by atoms with E-state index in [-0.39, 0.29) is 22.3 Å². The summed E-state index contributed by atoms with van der Waals surface area (Å²) in [6.07, 6.45) is 4.47. The highest BCUT2D eigenvalue weighted by Crippen LogP contribution is 2.23. The molecule has 10 heteroatoms. The number of nitrogens with zero attached hydrogens (tertiary/aromatic N) is 3. The number of sulfonamides is 1. The molecule has 2 amide bonds. The molecule has 0 saturated carbocycles. The van der Waals surface area contributed by atoms with Crippen molar-refractivity contribution < 1.29 is 18.0 Å². The highest BCUT2D eigenvalue weighted by atomic mass is 32.2. The Bertz CT molecular complexity index is 960. The van der Waals surface area contributed by atoms with Gasteiger partial charge in [0.1, 0.15) is 0 Å². The van der Waals surface area contributed by atoms with E-state index in [4.69, 9.17) is 5.73 Å². The summed E-state index contributed by atoms with van der Waals surface area (Å²) in [4.78, 5) is 23.3. The van der Waals surface area contributed by atoms with Gasteiger partial charge < -0.3 is 11.1 Å². The number of rotatable bonds is 6. The third-order valence-corrected chi connectivity index (χ3v) is 6.78. The lowest BCUT2D eigenvalue weighted by atomic mass is 9.98. The largest absolute Gasteiger partial charge is 0.366 e. The Morgan fingerprint density at radius 2 is 1.82 bits per heavy atom. The normalized spacial score (nSPS) is 16.0. The van der Waals surface area contributed by atoms with Crippen LogP contribution in [0.2, 0.25) is 0 Å². The second kappa shape index (κ2) is 8.11. The van der Waals surface area contributed by atoms with Crippen molar-refractivity contribution in [2.75, 3.05) is 19.6 Å². The van der Waals surface area contributed by atoms with Crippen molar-refractivity contribution in [3.05, 3.63) is 47.8 Å². The molecule has 1 fully saturated rings. The highest BCUT2D eigenvalue weighted by molar-refractivity contribution is 7.89. The predicted octanol–water partition coefficient (Wildman–Crippen LogP) is 0.350. The Labute approximate surface area is 163 Å². The van der Waals surface area contributed by atoms with Crippen LogP contribution in [-0.4, -0.2) is 54.0 Å². The minimum Gasteiger partial charge on any atom is -0.366 e. The van der Waals surface area contributed by atoms with Crippen LogP contribution >= 0.6 is 0 Å². The van der Waals surface area contributed by atoms with Gasteiger partial charge in [-0.1, -0.05) is 0 Å². The summed E-state index contributed by atoms with van der Waals surface area (Å²) < 4.78 is 28.5. The van der Waals surface area contributed by atoms with Gasteiger partial charge in [0.05, 0.1) is 16.7 Å². The van der Waals surface area contributed by atoms with Crippen LogP contribution in [0.15, 0.2) is 41.6 Å². The number of carbonyl (C=O) groups excluding carboxylic acids is 2.